The zero-order chi connectivity index (χ0) is 16.6. The Morgan fingerprint density at radius 2 is 2.04 bits per heavy atom. The highest BCUT2D eigenvalue weighted by Crippen LogP contribution is 2.36. The zero-order valence-electron chi connectivity index (χ0n) is 12.7. The molecule has 1 heterocycles. The van der Waals surface area contributed by atoms with Crippen molar-refractivity contribution in [1.29, 1.82) is 0 Å². The summed E-state index contributed by atoms with van der Waals surface area (Å²) in [7, 11) is 0. The minimum Gasteiger partial charge on any atom is -0.249 e. The first-order valence-electron chi connectivity index (χ1n) is 7.61. The van der Waals surface area contributed by atoms with Gasteiger partial charge in [-0.3, -0.25) is 0 Å². The Hall–Kier alpha value is -1.37. The SMILES string of the molecule is Cc1cc(-c2nc(C3CCC3)n(CCC(F)(F)F)n2)ccc1Br. The van der Waals surface area contributed by atoms with Crippen LogP contribution in [0.2, 0.25) is 0 Å². The van der Waals surface area contributed by atoms with Gasteiger partial charge in [0.1, 0.15) is 5.82 Å². The average molecular weight is 388 g/mol. The Balaban J connectivity index is 1.91. The Kier molecular flexibility index (Phi) is 4.49. The second-order valence-corrected chi connectivity index (χ2v) is 6.83. The van der Waals surface area contributed by atoms with E-state index >= 15 is 0 Å². The molecule has 0 saturated heterocycles. The summed E-state index contributed by atoms with van der Waals surface area (Å²) < 4.78 is 40.0. The van der Waals surface area contributed by atoms with E-state index < -0.39 is 12.6 Å². The molecule has 124 valence electrons. The van der Waals surface area contributed by atoms with Crippen molar-refractivity contribution in [2.24, 2.45) is 0 Å². The first kappa shape index (κ1) is 16.5. The lowest BCUT2D eigenvalue weighted by Crippen LogP contribution is -2.19. The minimum atomic E-state index is -4.18. The normalized spacial score (nSPS) is 15.7. The van der Waals surface area contributed by atoms with E-state index in [4.69, 9.17) is 0 Å². The van der Waals surface area contributed by atoms with Gasteiger partial charge in [0.25, 0.3) is 0 Å². The first-order valence-corrected chi connectivity index (χ1v) is 8.41. The Labute approximate surface area is 141 Å². The molecule has 0 atom stereocenters. The predicted molar refractivity (Wildman–Crippen MR) is 85.2 cm³/mol. The fourth-order valence-corrected chi connectivity index (χ4v) is 2.87. The lowest BCUT2D eigenvalue weighted by molar-refractivity contribution is -0.137. The average Bonchev–Trinajstić information content (AvgIpc) is 2.81. The third-order valence-electron chi connectivity index (χ3n) is 4.19. The van der Waals surface area contributed by atoms with Gasteiger partial charge in [0.05, 0.1) is 13.0 Å². The zero-order valence-corrected chi connectivity index (χ0v) is 14.3. The topological polar surface area (TPSA) is 30.7 Å². The molecule has 3 rings (SSSR count). The molecule has 1 fully saturated rings. The number of halogens is 4. The van der Waals surface area contributed by atoms with Gasteiger partial charge in [-0.2, -0.15) is 18.3 Å². The number of alkyl halides is 3. The molecule has 3 nitrogen and oxygen atoms in total. The number of aryl methyl sites for hydroxylation is 2. The largest absolute Gasteiger partial charge is 0.390 e. The molecule has 7 heteroatoms. The van der Waals surface area contributed by atoms with E-state index in [1.165, 1.54) is 4.68 Å². The van der Waals surface area contributed by atoms with Crippen molar-refractivity contribution in [3.8, 4) is 11.4 Å². The summed E-state index contributed by atoms with van der Waals surface area (Å²) in [6.45, 7) is 1.79. The van der Waals surface area contributed by atoms with Crippen LogP contribution >= 0.6 is 15.9 Å². The predicted octanol–water partition coefficient (Wildman–Crippen LogP) is 5.24. The molecule has 0 amide bonds. The van der Waals surface area contributed by atoms with Gasteiger partial charge in [0.2, 0.25) is 0 Å². The molecule has 0 unspecified atom stereocenters. The molecule has 1 saturated carbocycles. The van der Waals surface area contributed by atoms with Gasteiger partial charge in [0, 0.05) is 16.0 Å². The highest BCUT2D eigenvalue weighted by molar-refractivity contribution is 9.10. The smallest absolute Gasteiger partial charge is 0.249 e. The van der Waals surface area contributed by atoms with Crippen molar-refractivity contribution in [2.75, 3.05) is 0 Å². The van der Waals surface area contributed by atoms with Crippen molar-refractivity contribution < 1.29 is 13.2 Å². The van der Waals surface area contributed by atoms with Crippen LogP contribution in [0.3, 0.4) is 0 Å². The maximum absolute atomic E-state index is 12.5. The molecule has 2 aromatic rings. The van der Waals surface area contributed by atoms with Gasteiger partial charge in [-0.15, -0.1) is 0 Å². The third kappa shape index (κ3) is 3.76. The van der Waals surface area contributed by atoms with E-state index in [1.54, 1.807) is 0 Å². The Bertz CT molecular complexity index is 705. The van der Waals surface area contributed by atoms with Gasteiger partial charge in [-0.25, -0.2) is 9.67 Å². The van der Waals surface area contributed by atoms with E-state index in [-0.39, 0.29) is 12.5 Å². The molecule has 1 aromatic heterocycles. The second-order valence-electron chi connectivity index (χ2n) is 5.97. The molecule has 0 radical (unpaired) electrons. The van der Waals surface area contributed by atoms with Crippen LogP contribution in [-0.2, 0) is 6.54 Å². The molecular weight excluding hydrogens is 371 g/mol. The van der Waals surface area contributed by atoms with Crippen LogP contribution < -0.4 is 0 Å². The van der Waals surface area contributed by atoms with Crippen molar-refractivity contribution in [3.05, 3.63) is 34.1 Å². The summed E-state index contributed by atoms with van der Waals surface area (Å²) in [6, 6.07) is 5.73. The number of nitrogens with zero attached hydrogens (tertiary/aromatic N) is 3. The lowest BCUT2D eigenvalue weighted by atomic mass is 9.85. The van der Waals surface area contributed by atoms with Crippen LogP contribution in [-0.4, -0.2) is 20.9 Å². The van der Waals surface area contributed by atoms with Crippen molar-refractivity contribution in [1.82, 2.24) is 14.8 Å². The summed E-state index contributed by atoms with van der Waals surface area (Å²) in [5, 5.41) is 4.35. The van der Waals surface area contributed by atoms with Crippen LogP contribution in [0, 0.1) is 6.92 Å². The van der Waals surface area contributed by atoms with Crippen LogP contribution in [0.1, 0.15) is 43.0 Å². The second kappa shape index (κ2) is 6.26. The number of hydrogen-bond acceptors (Lipinski definition) is 2. The molecule has 23 heavy (non-hydrogen) atoms. The van der Waals surface area contributed by atoms with E-state index in [0.717, 1.165) is 34.9 Å². The standard InChI is InChI=1S/C16H17BrF3N3/c1-10-9-12(5-6-13(10)17)14-21-15(11-3-2-4-11)23(22-14)8-7-16(18,19)20/h5-6,9,11H,2-4,7-8H2,1H3. The fourth-order valence-electron chi connectivity index (χ4n) is 2.63. The van der Waals surface area contributed by atoms with Crippen LogP contribution in [0.25, 0.3) is 11.4 Å². The van der Waals surface area contributed by atoms with Crippen LogP contribution in [0.15, 0.2) is 22.7 Å². The maximum atomic E-state index is 12.5. The summed E-state index contributed by atoms with van der Waals surface area (Å²) in [5.74, 6) is 1.43. The van der Waals surface area contributed by atoms with E-state index in [0.29, 0.717) is 11.6 Å². The van der Waals surface area contributed by atoms with Gasteiger partial charge >= 0.3 is 6.18 Å². The van der Waals surface area contributed by atoms with Crippen molar-refractivity contribution in [3.63, 3.8) is 0 Å². The van der Waals surface area contributed by atoms with Crippen LogP contribution in [0.5, 0.6) is 0 Å². The minimum absolute atomic E-state index is 0.169. The van der Waals surface area contributed by atoms with Gasteiger partial charge < -0.3 is 0 Å². The quantitative estimate of drug-likeness (QED) is 0.718. The number of hydrogen-bond donors (Lipinski definition) is 0. The van der Waals surface area contributed by atoms with E-state index in [1.807, 2.05) is 25.1 Å². The first-order chi connectivity index (χ1) is 10.8. The molecule has 1 aromatic carbocycles. The summed E-state index contributed by atoms with van der Waals surface area (Å²) >= 11 is 3.44. The lowest BCUT2D eigenvalue weighted by Gasteiger charge is -2.24. The van der Waals surface area contributed by atoms with E-state index in [9.17, 15) is 13.2 Å². The number of aromatic nitrogens is 3. The molecule has 1 aliphatic carbocycles. The molecule has 0 aliphatic heterocycles. The molecule has 0 spiro atoms. The maximum Gasteiger partial charge on any atom is 0.390 e. The van der Waals surface area contributed by atoms with Crippen molar-refractivity contribution in [2.45, 2.75) is 51.2 Å². The summed E-state index contributed by atoms with van der Waals surface area (Å²) in [5.41, 5.74) is 1.87. The van der Waals surface area contributed by atoms with Crippen LogP contribution in [0.4, 0.5) is 13.2 Å². The fraction of sp³-hybridized carbons (Fsp3) is 0.500. The number of rotatable bonds is 4. The van der Waals surface area contributed by atoms with Crippen molar-refractivity contribution >= 4 is 15.9 Å². The monoisotopic (exact) mass is 387 g/mol. The molecule has 0 N–H and O–H groups in total. The molecular formula is C16H17BrF3N3. The van der Waals surface area contributed by atoms with Gasteiger partial charge in [-0.1, -0.05) is 22.4 Å². The van der Waals surface area contributed by atoms with Gasteiger partial charge in [-0.05, 0) is 43.5 Å². The Morgan fingerprint density at radius 3 is 2.61 bits per heavy atom. The number of benzene rings is 1. The van der Waals surface area contributed by atoms with E-state index in [2.05, 4.69) is 26.0 Å². The molecule has 1 aliphatic rings. The highest BCUT2D eigenvalue weighted by atomic mass is 79.9. The summed E-state index contributed by atoms with van der Waals surface area (Å²) in [6.07, 6.45) is -2.01. The highest BCUT2D eigenvalue weighted by Gasteiger charge is 2.30. The third-order valence-corrected chi connectivity index (χ3v) is 5.08. The molecule has 0 bridgehead atoms. The van der Waals surface area contributed by atoms with Gasteiger partial charge in [0.15, 0.2) is 5.82 Å². The summed E-state index contributed by atoms with van der Waals surface area (Å²) in [4.78, 5) is 4.54. The Morgan fingerprint density at radius 1 is 1.30 bits per heavy atom.